The minimum absolute atomic E-state index is 0.0216. The molecule has 3 fully saturated rings. The van der Waals surface area contributed by atoms with Crippen LogP contribution < -0.4 is 10.6 Å². The topological polar surface area (TPSA) is 95.5 Å². The number of fused-ring (bicyclic) bond motifs is 2. The maximum atomic E-state index is 11.6. The van der Waals surface area contributed by atoms with E-state index < -0.39 is 23.5 Å². The van der Waals surface area contributed by atoms with E-state index in [9.17, 15) is 14.4 Å². The van der Waals surface area contributed by atoms with Gasteiger partial charge in [0.1, 0.15) is 5.54 Å². The van der Waals surface area contributed by atoms with E-state index in [1.54, 1.807) is 0 Å². The third kappa shape index (κ3) is 0.935. The average Bonchev–Trinajstić information content (AvgIpc) is 2.68. The van der Waals surface area contributed by atoms with Crippen LogP contribution in [-0.2, 0) is 9.59 Å². The zero-order chi connectivity index (χ0) is 10.8. The Morgan fingerprint density at radius 1 is 1.53 bits per heavy atom. The normalized spacial score (nSPS) is 46.3. The molecule has 3 rings (SSSR count). The minimum Gasteiger partial charge on any atom is -0.481 e. The van der Waals surface area contributed by atoms with E-state index in [2.05, 4.69) is 10.6 Å². The number of carbonyl (C=O) groups is 3. The van der Waals surface area contributed by atoms with E-state index in [0.717, 1.165) is 0 Å². The molecule has 1 saturated carbocycles. The summed E-state index contributed by atoms with van der Waals surface area (Å²) in [5, 5.41) is 13.6. The molecule has 3 unspecified atom stereocenters. The molecule has 0 aromatic rings. The largest absolute Gasteiger partial charge is 0.481 e. The fraction of sp³-hybridized carbons (Fsp3) is 0.625. The molecule has 2 saturated heterocycles. The first-order valence-electron chi connectivity index (χ1n) is 4.54. The number of aliphatic carboxylic acids is 1. The van der Waals surface area contributed by atoms with Crippen molar-refractivity contribution in [2.24, 2.45) is 11.8 Å². The zero-order valence-electron chi connectivity index (χ0n) is 7.52. The molecule has 15 heavy (non-hydrogen) atoms. The van der Waals surface area contributed by atoms with Gasteiger partial charge in [0.15, 0.2) is 0 Å². The van der Waals surface area contributed by atoms with E-state index in [1.807, 2.05) is 0 Å². The molecule has 7 heteroatoms. The van der Waals surface area contributed by atoms with Crippen LogP contribution in [0.1, 0.15) is 0 Å². The van der Waals surface area contributed by atoms with Gasteiger partial charge in [0, 0.05) is 16.9 Å². The van der Waals surface area contributed by atoms with Gasteiger partial charge in [-0.2, -0.15) is 11.8 Å². The zero-order valence-corrected chi connectivity index (χ0v) is 8.34. The van der Waals surface area contributed by atoms with Gasteiger partial charge in [-0.05, 0) is 0 Å². The summed E-state index contributed by atoms with van der Waals surface area (Å²) < 4.78 is 0. The van der Waals surface area contributed by atoms with E-state index in [0.29, 0.717) is 5.75 Å². The number of amides is 3. The van der Waals surface area contributed by atoms with E-state index in [1.165, 1.54) is 11.8 Å². The van der Waals surface area contributed by atoms with Crippen molar-refractivity contribution < 1.29 is 19.5 Å². The predicted molar refractivity (Wildman–Crippen MR) is 50.3 cm³/mol. The predicted octanol–water partition coefficient (Wildman–Crippen LogP) is -0.989. The molecule has 1 spiro atoms. The summed E-state index contributed by atoms with van der Waals surface area (Å²) in [4.78, 5) is 33.5. The maximum absolute atomic E-state index is 11.6. The van der Waals surface area contributed by atoms with Gasteiger partial charge in [-0.1, -0.05) is 0 Å². The maximum Gasteiger partial charge on any atom is 0.322 e. The molecular formula is C8H8N2O4S. The second-order valence-electron chi connectivity index (χ2n) is 4.05. The highest BCUT2D eigenvalue weighted by molar-refractivity contribution is 8.00. The molecule has 0 bridgehead atoms. The molecule has 0 radical (unpaired) electrons. The van der Waals surface area contributed by atoms with E-state index in [4.69, 9.17) is 5.11 Å². The number of rotatable bonds is 1. The number of nitrogens with one attached hydrogen (secondary N) is 2. The first-order valence-corrected chi connectivity index (χ1v) is 5.59. The van der Waals surface area contributed by atoms with Gasteiger partial charge < -0.3 is 10.4 Å². The van der Waals surface area contributed by atoms with Crippen LogP contribution in [-0.4, -0.2) is 39.6 Å². The Balaban J connectivity index is 1.92. The Bertz CT molecular complexity index is 398. The highest BCUT2D eigenvalue weighted by Gasteiger charge is 2.74. The third-order valence-corrected chi connectivity index (χ3v) is 4.87. The van der Waals surface area contributed by atoms with Crippen LogP contribution in [0.25, 0.3) is 0 Å². The van der Waals surface area contributed by atoms with Crippen molar-refractivity contribution in [3.63, 3.8) is 0 Å². The first-order chi connectivity index (χ1) is 7.06. The van der Waals surface area contributed by atoms with Crippen molar-refractivity contribution in [1.82, 2.24) is 10.6 Å². The second kappa shape index (κ2) is 2.46. The van der Waals surface area contributed by atoms with Gasteiger partial charge in [0.25, 0.3) is 5.91 Å². The lowest BCUT2D eigenvalue weighted by Crippen LogP contribution is -2.50. The van der Waals surface area contributed by atoms with Crippen LogP contribution >= 0.6 is 11.8 Å². The number of hydrogen-bond acceptors (Lipinski definition) is 4. The van der Waals surface area contributed by atoms with Crippen molar-refractivity contribution in [1.29, 1.82) is 0 Å². The number of carbonyl (C=O) groups excluding carboxylic acids is 2. The second-order valence-corrected chi connectivity index (χ2v) is 5.21. The van der Waals surface area contributed by atoms with Crippen LogP contribution in [0.3, 0.4) is 0 Å². The number of imide groups is 1. The Kier molecular flexibility index (Phi) is 1.48. The van der Waals surface area contributed by atoms with Gasteiger partial charge >= 0.3 is 12.0 Å². The molecule has 3 amide bonds. The SMILES string of the molecule is O=C1NC(=O)[C@@]2(CSC3C(C(=O)O)C32)N1. The van der Waals surface area contributed by atoms with Gasteiger partial charge in [0.05, 0.1) is 5.92 Å². The molecule has 80 valence electrons. The van der Waals surface area contributed by atoms with Crippen molar-refractivity contribution in [2.75, 3.05) is 5.75 Å². The summed E-state index contributed by atoms with van der Waals surface area (Å²) in [6.45, 7) is 0. The number of hydrogen-bond donors (Lipinski definition) is 3. The van der Waals surface area contributed by atoms with Gasteiger partial charge in [-0.25, -0.2) is 4.79 Å². The molecule has 3 aliphatic rings. The summed E-state index contributed by atoms with van der Waals surface area (Å²) >= 11 is 1.45. The summed E-state index contributed by atoms with van der Waals surface area (Å²) in [6, 6.07) is -0.516. The molecule has 6 nitrogen and oxygen atoms in total. The number of carboxylic acid groups (broad SMARTS) is 1. The first kappa shape index (κ1) is 9.02. The Hall–Kier alpha value is -1.24. The molecule has 2 heterocycles. The van der Waals surface area contributed by atoms with Crippen LogP contribution in [0.2, 0.25) is 0 Å². The molecule has 4 atom stereocenters. The fourth-order valence-corrected chi connectivity index (χ4v) is 4.40. The number of thioether (sulfide) groups is 1. The quantitative estimate of drug-likeness (QED) is 0.501. The molecule has 0 aromatic heterocycles. The Labute approximate surface area is 88.8 Å². The monoisotopic (exact) mass is 228 g/mol. The smallest absolute Gasteiger partial charge is 0.322 e. The van der Waals surface area contributed by atoms with Gasteiger partial charge in [-0.3, -0.25) is 14.9 Å². The summed E-state index contributed by atoms with van der Waals surface area (Å²) in [5.41, 5.74) is -0.963. The highest BCUT2D eigenvalue weighted by atomic mass is 32.2. The molecular weight excluding hydrogens is 220 g/mol. The molecule has 0 aromatic carbocycles. The van der Waals surface area contributed by atoms with Gasteiger partial charge in [0.2, 0.25) is 0 Å². The van der Waals surface area contributed by atoms with Crippen LogP contribution in [0, 0.1) is 11.8 Å². The van der Waals surface area contributed by atoms with Crippen molar-refractivity contribution in [3.05, 3.63) is 0 Å². The Morgan fingerprint density at radius 2 is 2.27 bits per heavy atom. The standard InChI is InChI=1S/C8H8N2O4S/c11-5(12)2-3-4(2)15-1-8(3)6(13)9-7(14)10-8/h2-4H,1H2,(H,11,12)(H2,9,10,13,14)/t2?,3?,4?,8-/m0/s1. The van der Waals surface area contributed by atoms with E-state index in [-0.39, 0.29) is 17.1 Å². The van der Waals surface area contributed by atoms with E-state index >= 15 is 0 Å². The lowest BCUT2D eigenvalue weighted by molar-refractivity contribution is -0.139. The van der Waals surface area contributed by atoms with Crippen molar-refractivity contribution in [3.8, 4) is 0 Å². The van der Waals surface area contributed by atoms with Gasteiger partial charge in [-0.15, -0.1) is 0 Å². The Morgan fingerprint density at radius 3 is 2.73 bits per heavy atom. The average molecular weight is 228 g/mol. The molecule has 1 aliphatic carbocycles. The lowest BCUT2D eigenvalue weighted by Gasteiger charge is -2.21. The summed E-state index contributed by atoms with van der Waals surface area (Å²) in [7, 11) is 0. The van der Waals surface area contributed by atoms with Crippen molar-refractivity contribution >= 4 is 29.7 Å². The number of carboxylic acids is 1. The third-order valence-electron chi connectivity index (χ3n) is 3.28. The van der Waals surface area contributed by atoms with Crippen molar-refractivity contribution in [2.45, 2.75) is 10.8 Å². The minimum atomic E-state index is -0.963. The van der Waals surface area contributed by atoms with Crippen LogP contribution in [0.15, 0.2) is 0 Å². The summed E-state index contributed by atoms with van der Waals surface area (Å²) in [6.07, 6.45) is 0. The summed E-state index contributed by atoms with van der Waals surface area (Å²) in [5.74, 6) is -1.52. The highest BCUT2D eigenvalue weighted by Crippen LogP contribution is 2.61. The van der Waals surface area contributed by atoms with Crippen LogP contribution in [0.5, 0.6) is 0 Å². The molecule has 3 N–H and O–H groups in total. The fourth-order valence-electron chi connectivity index (χ4n) is 2.54. The molecule has 2 aliphatic heterocycles. The van der Waals surface area contributed by atoms with Crippen LogP contribution in [0.4, 0.5) is 4.79 Å². The lowest BCUT2D eigenvalue weighted by atomic mass is 9.94. The number of urea groups is 1.